The summed E-state index contributed by atoms with van der Waals surface area (Å²) in [6.07, 6.45) is -0.117. The van der Waals surface area contributed by atoms with Gasteiger partial charge in [-0.1, -0.05) is 0 Å². The molecule has 1 rings (SSSR count). The maximum Gasteiger partial charge on any atom is 0.409 e. The standard InChI is InChI=1S/C9H11FN2O4/c1-15-2-3-16-8-7(10)4-6(5-11-8)12-9(13)14/h4-5,12H,2-3H2,1H3,(H,13,14). The second-order valence-electron chi connectivity index (χ2n) is 2.78. The zero-order valence-corrected chi connectivity index (χ0v) is 8.57. The normalized spacial score (nSPS) is 9.88. The third-order valence-electron chi connectivity index (χ3n) is 1.58. The fraction of sp³-hybridized carbons (Fsp3) is 0.333. The van der Waals surface area contributed by atoms with E-state index in [1.54, 1.807) is 0 Å². The molecule has 1 aromatic rings. The van der Waals surface area contributed by atoms with E-state index in [9.17, 15) is 9.18 Å². The van der Waals surface area contributed by atoms with Gasteiger partial charge in [0.2, 0.25) is 0 Å². The summed E-state index contributed by atoms with van der Waals surface area (Å²) < 4.78 is 22.9. The number of ether oxygens (including phenoxy) is 2. The summed E-state index contributed by atoms with van der Waals surface area (Å²) in [5.41, 5.74) is 0.0455. The van der Waals surface area contributed by atoms with Gasteiger partial charge in [-0.15, -0.1) is 0 Å². The quantitative estimate of drug-likeness (QED) is 0.746. The number of rotatable bonds is 5. The van der Waals surface area contributed by atoms with Crippen LogP contribution in [0.5, 0.6) is 5.88 Å². The summed E-state index contributed by atoms with van der Waals surface area (Å²) in [6, 6.07) is 0.989. The smallest absolute Gasteiger partial charge is 0.409 e. The Labute approximate surface area is 91.0 Å². The van der Waals surface area contributed by atoms with Gasteiger partial charge in [0, 0.05) is 13.2 Å². The molecule has 0 radical (unpaired) electrons. The largest absolute Gasteiger partial charge is 0.473 e. The molecule has 1 amide bonds. The second kappa shape index (κ2) is 5.86. The van der Waals surface area contributed by atoms with Crippen LogP contribution in [0.3, 0.4) is 0 Å². The van der Waals surface area contributed by atoms with Crippen LogP contribution in [0.25, 0.3) is 0 Å². The number of hydrogen-bond donors (Lipinski definition) is 2. The van der Waals surface area contributed by atoms with E-state index in [0.29, 0.717) is 6.61 Å². The first-order chi connectivity index (χ1) is 7.63. The van der Waals surface area contributed by atoms with Crippen molar-refractivity contribution in [1.82, 2.24) is 4.98 Å². The lowest BCUT2D eigenvalue weighted by Crippen LogP contribution is -2.10. The van der Waals surface area contributed by atoms with Crippen LogP contribution in [0.4, 0.5) is 14.9 Å². The molecule has 1 heterocycles. The van der Waals surface area contributed by atoms with Crippen molar-refractivity contribution in [2.24, 2.45) is 0 Å². The van der Waals surface area contributed by atoms with E-state index >= 15 is 0 Å². The van der Waals surface area contributed by atoms with Gasteiger partial charge in [0.15, 0.2) is 5.82 Å². The van der Waals surface area contributed by atoms with Crippen LogP contribution in [0.1, 0.15) is 0 Å². The number of aromatic nitrogens is 1. The number of nitrogens with zero attached hydrogens (tertiary/aromatic N) is 1. The maximum absolute atomic E-state index is 13.3. The molecule has 0 aromatic carbocycles. The Kier molecular flexibility index (Phi) is 4.46. The third kappa shape index (κ3) is 3.70. The van der Waals surface area contributed by atoms with Crippen molar-refractivity contribution < 1.29 is 23.8 Å². The van der Waals surface area contributed by atoms with E-state index in [0.717, 1.165) is 6.07 Å². The van der Waals surface area contributed by atoms with Gasteiger partial charge in [0.05, 0.1) is 18.5 Å². The third-order valence-corrected chi connectivity index (χ3v) is 1.58. The number of methoxy groups -OCH3 is 1. The molecule has 0 aliphatic rings. The SMILES string of the molecule is COCCOc1ncc(NC(=O)O)cc1F. The number of hydrogen-bond acceptors (Lipinski definition) is 4. The van der Waals surface area contributed by atoms with Gasteiger partial charge in [0.25, 0.3) is 5.88 Å². The molecule has 0 fully saturated rings. The highest BCUT2D eigenvalue weighted by atomic mass is 19.1. The van der Waals surface area contributed by atoms with Crippen LogP contribution in [0, 0.1) is 5.82 Å². The van der Waals surface area contributed by atoms with Crippen molar-refractivity contribution in [1.29, 1.82) is 0 Å². The predicted molar refractivity (Wildman–Crippen MR) is 53.2 cm³/mol. The van der Waals surface area contributed by atoms with Gasteiger partial charge >= 0.3 is 6.09 Å². The minimum absolute atomic E-state index is 0.0455. The number of nitrogens with one attached hydrogen (secondary N) is 1. The molecular weight excluding hydrogens is 219 g/mol. The van der Waals surface area contributed by atoms with Crippen molar-refractivity contribution in [3.8, 4) is 5.88 Å². The lowest BCUT2D eigenvalue weighted by molar-refractivity contribution is 0.141. The molecule has 88 valence electrons. The fourth-order valence-electron chi connectivity index (χ4n) is 0.945. The number of carboxylic acid groups (broad SMARTS) is 1. The number of carbonyl (C=O) groups is 1. The van der Waals surface area contributed by atoms with E-state index in [1.165, 1.54) is 13.3 Å². The first kappa shape index (κ1) is 12.2. The zero-order valence-electron chi connectivity index (χ0n) is 8.57. The lowest BCUT2D eigenvalue weighted by Gasteiger charge is -2.06. The monoisotopic (exact) mass is 230 g/mol. The van der Waals surface area contributed by atoms with Crippen molar-refractivity contribution in [2.45, 2.75) is 0 Å². The van der Waals surface area contributed by atoms with Gasteiger partial charge in [0.1, 0.15) is 6.61 Å². The highest BCUT2D eigenvalue weighted by molar-refractivity contribution is 5.82. The number of halogens is 1. The Morgan fingerprint density at radius 3 is 2.94 bits per heavy atom. The Bertz CT molecular complexity index is 373. The summed E-state index contributed by atoms with van der Waals surface area (Å²) in [5, 5.41) is 10.4. The molecule has 0 atom stereocenters. The Morgan fingerprint density at radius 2 is 2.38 bits per heavy atom. The average Bonchev–Trinajstić information content (AvgIpc) is 2.20. The molecule has 0 aliphatic carbocycles. The van der Waals surface area contributed by atoms with Gasteiger partial charge in [-0.3, -0.25) is 5.32 Å². The topological polar surface area (TPSA) is 80.7 Å². The highest BCUT2D eigenvalue weighted by Crippen LogP contribution is 2.17. The molecule has 0 saturated carbocycles. The summed E-state index contributed by atoms with van der Waals surface area (Å²) >= 11 is 0. The van der Waals surface area contributed by atoms with Crippen molar-refractivity contribution in [3.63, 3.8) is 0 Å². The van der Waals surface area contributed by atoms with Crippen molar-refractivity contribution in [3.05, 3.63) is 18.1 Å². The summed E-state index contributed by atoms with van der Waals surface area (Å²) in [7, 11) is 1.49. The zero-order chi connectivity index (χ0) is 12.0. The van der Waals surface area contributed by atoms with E-state index in [4.69, 9.17) is 14.6 Å². The average molecular weight is 230 g/mol. The number of pyridine rings is 1. The molecule has 0 bridgehead atoms. The molecule has 6 nitrogen and oxygen atoms in total. The van der Waals surface area contributed by atoms with Gasteiger partial charge in [-0.2, -0.15) is 0 Å². The lowest BCUT2D eigenvalue weighted by atomic mass is 10.4. The Morgan fingerprint density at radius 1 is 1.62 bits per heavy atom. The molecule has 0 saturated heterocycles. The molecule has 2 N–H and O–H groups in total. The summed E-state index contributed by atoms with van der Waals surface area (Å²) in [5.74, 6) is -0.921. The summed E-state index contributed by atoms with van der Waals surface area (Å²) in [6.45, 7) is 0.488. The molecule has 16 heavy (non-hydrogen) atoms. The van der Waals surface area contributed by atoms with Crippen molar-refractivity contribution >= 4 is 11.8 Å². The molecule has 7 heteroatoms. The Balaban J connectivity index is 2.64. The van der Waals surface area contributed by atoms with Gasteiger partial charge < -0.3 is 14.6 Å². The Hall–Kier alpha value is -1.89. The van der Waals surface area contributed by atoms with E-state index in [2.05, 4.69) is 4.98 Å². The van der Waals surface area contributed by atoms with Crippen LogP contribution in [-0.4, -0.2) is 36.5 Å². The molecule has 0 spiro atoms. The molecular formula is C9H11FN2O4. The second-order valence-corrected chi connectivity index (χ2v) is 2.78. The minimum Gasteiger partial charge on any atom is -0.473 e. The number of amides is 1. The number of anilines is 1. The highest BCUT2D eigenvalue weighted by Gasteiger charge is 2.07. The maximum atomic E-state index is 13.3. The van der Waals surface area contributed by atoms with Gasteiger partial charge in [-0.25, -0.2) is 14.2 Å². The van der Waals surface area contributed by atoms with Crippen LogP contribution in [0.2, 0.25) is 0 Å². The fourth-order valence-corrected chi connectivity index (χ4v) is 0.945. The minimum atomic E-state index is -1.28. The van der Waals surface area contributed by atoms with Crippen LogP contribution < -0.4 is 10.1 Å². The summed E-state index contributed by atoms with van der Waals surface area (Å²) in [4.78, 5) is 13.9. The first-order valence-electron chi connectivity index (χ1n) is 4.40. The van der Waals surface area contributed by atoms with Crippen LogP contribution in [0.15, 0.2) is 12.3 Å². The first-order valence-corrected chi connectivity index (χ1v) is 4.40. The molecule has 1 aromatic heterocycles. The van der Waals surface area contributed by atoms with Crippen LogP contribution >= 0.6 is 0 Å². The predicted octanol–water partition coefficient (Wildman–Crippen LogP) is 1.34. The molecule has 0 unspecified atom stereocenters. The molecule has 0 aliphatic heterocycles. The van der Waals surface area contributed by atoms with Gasteiger partial charge in [-0.05, 0) is 0 Å². The van der Waals surface area contributed by atoms with E-state index < -0.39 is 11.9 Å². The van der Waals surface area contributed by atoms with E-state index in [-0.39, 0.29) is 18.2 Å². The van der Waals surface area contributed by atoms with E-state index in [1.807, 2.05) is 5.32 Å². The van der Waals surface area contributed by atoms with Crippen LogP contribution in [-0.2, 0) is 4.74 Å². The van der Waals surface area contributed by atoms with Crippen molar-refractivity contribution in [2.75, 3.05) is 25.6 Å².